The monoisotopic (exact) mass is 420 g/mol. The van der Waals surface area contributed by atoms with Crippen molar-refractivity contribution in [3.05, 3.63) is 57.3 Å². The van der Waals surface area contributed by atoms with Gasteiger partial charge in [-0.2, -0.15) is 18.3 Å². The third-order valence-corrected chi connectivity index (χ3v) is 5.88. The van der Waals surface area contributed by atoms with Gasteiger partial charge in [0.25, 0.3) is 5.56 Å². The second-order valence-electron chi connectivity index (χ2n) is 7.91. The normalized spacial score (nSPS) is 16.4. The van der Waals surface area contributed by atoms with E-state index in [4.69, 9.17) is 0 Å². The number of hydrogen-bond donors (Lipinski definition) is 2. The molecule has 160 valence electrons. The number of aliphatic hydroxyl groups excluding tert-OH is 1. The first-order valence-electron chi connectivity index (χ1n) is 10.1. The van der Waals surface area contributed by atoms with E-state index in [1.807, 2.05) is 0 Å². The van der Waals surface area contributed by atoms with Crippen molar-refractivity contribution >= 4 is 11.0 Å². The maximum atomic E-state index is 12.9. The smallest absolute Gasteiger partial charge is 0.390 e. The van der Waals surface area contributed by atoms with Crippen molar-refractivity contribution in [2.75, 3.05) is 0 Å². The van der Waals surface area contributed by atoms with Crippen molar-refractivity contribution in [3.63, 3.8) is 0 Å². The number of rotatable bonds is 5. The van der Waals surface area contributed by atoms with Crippen LogP contribution in [0.2, 0.25) is 0 Å². The molecule has 2 heterocycles. The highest BCUT2D eigenvalue weighted by atomic mass is 19.4. The number of nitrogens with zero attached hydrogens (tertiary/aromatic N) is 3. The number of aromatic nitrogens is 4. The Kier molecular flexibility index (Phi) is 5.40. The molecule has 6 nitrogen and oxygen atoms in total. The second kappa shape index (κ2) is 7.86. The van der Waals surface area contributed by atoms with E-state index in [-0.39, 0.29) is 16.6 Å². The highest BCUT2D eigenvalue weighted by molar-refractivity contribution is 5.77. The number of halogens is 3. The predicted octanol–water partition coefficient (Wildman–Crippen LogP) is 3.97. The molecule has 0 saturated heterocycles. The number of benzene rings is 1. The summed E-state index contributed by atoms with van der Waals surface area (Å²) >= 11 is 0. The van der Waals surface area contributed by atoms with Gasteiger partial charge in [-0.25, -0.2) is 9.67 Å². The first kappa shape index (κ1) is 20.6. The average molecular weight is 420 g/mol. The maximum absolute atomic E-state index is 12.9. The van der Waals surface area contributed by atoms with Crippen molar-refractivity contribution in [2.45, 2.75) is 57.9 Å². The molecule has 1 fully saturated rings. The van der Waals surface area contributed by atoms with Crippen LogP contribution in [-0.2, 0) is 19.2 Å². The van der Waals surface area contributed by atoms with Gasteiger partial charge in [0.15, 0.2) is 5.65 Å². The molecule has 1 atom stereocenters. The second-order valence-corrected chi connectivity index (χ2v) is 7.91. The average Bonchev–Trinajstić information content (AvgIpc) is 3.34. The van der Waals surface area contributed by atoms with E-state index in [1.54, 1.807) is 6.92 Å². The van der Waals surface area contributed by atoms with Gasteiger partial charge in [0.2, 0.25) is 0 Å². The largest absolute Gasteiger partial charge is 0.416 e. The van der Waals surface area contributed by atoms with Gasteiger partial charge in [-0.3, -0.25) is 4.79 Å². The zero-order valence-electron chi connectivity index (χ0n) is 16.5. The zero-order chi connectivity index (χ0) is 21.5. The lowest BCUT2D eigenvalue weighted by molar-refractivity contribution is -0.137. The Labute approximate surface area is 170 Å². The van der Waals surface area contributed by atoms with Gasteiger partial charge < -0.3 is 10.1 Å². The van der Waals surface area contributed by atoms with Crippen LogP contribution in [0.4, 0.5) is 13.2 Å². The minimum atomic E-state index is -4.41. The van der Waals surface area contributed by atoms with Gasteiger partial charge in [0.1, 0.15) is 16.9 Å². The Hall–Kier alpha value is -2.68. The van der Waals surface area contributed by atoms with Crippen molar-refractivity contribution in [1.82, 2.24) is 19.7 Å². The molecule has 0 amide bonds. The third-order valence-electron chi connectivity index (χ3n) is 5.88. The van der Waals surface area contributed by atoms with Gasteiger partial charge in [-0.15, -0.1) is 0 Å². The Balaban J connectivity index is 1.75. The molecule has 1 saturated carbocycles. The lowest BCUT2D eigenvalue weighted by Gasteiger charge is -2.15. The van der Waals surface area contributed by atoms with Gasteiger partial charge in [-0.05, 0) is 30.5 Å². The third kappa shape index (κ3) is 3.86. The maximum Gasteiger partial charge on any atom is 0.416 e. The summed E-state index contributed by atoms with van der Waals surface area (Å²) in [5.74, 6) is 1.05. The Morgan fingerprint density at radius 2 is 1.90 bits per heavy atom. The molecule has 1 aromatic carbocycles. The van der Waals surface area contributed by atoms with Crippen LogP contribution in [0.25, 0.3) is 11.0 Å². The standard InChI is InChI=1S/C21H23F3N4O2/c1-12(14-6-8-15(9-7-14)21(22,23)24)28-19-18(16(11-29)27-28)20(30)26-17(25-19)10-13-4-2-3-5-13/h6-9,12-13,29H,2-5,10-11H2,1H3,(H,25,26,30)/t12-/m0/s1. The molecule has 9 heteroatoms. The summed E-state index contributed by atoms with van der Waals surface area (Å²) in [7, 11) is 0. The van der Waals surface area contributed by atoms with Crippen LogP contribution in [0, 0.1) is 5.92 Å². The molecular formula is C21H23F3N4O2. The van der Waals surface area contributed by atoms with Crippen LogP contribution in [0.5, 0.6) is 0 Å². The summed E-state index contributed by atoms with van der Waals surface area (Å²) in [4.78, 5) is 20.1. The summed E-state index contributed by atoms with van der Waals surface area (Å²) in [6.45, 7) is 1.34. The summed E-state index contributed by atoms with van der Waals surface area (Å²) in [6.07, 6.45) is 0.812. The lowest BCUT2D eigenvalue weighted by atomic mass is 10.0. The fourth-order valence-corrected chi connectivity index (χ4v) is 4.22. The van der Waals surface area contributed by atoms with Gasteiger partial charge in [-0.1, -0.05) is 37.8 Å². The van der Waals surface area contributed by atoms with Crippen molar-refractivity contribution in [2.24, 2.45) is 5.92 Å². The quantitative estimate of drug-likeness (QED) is 0.654. The van der Waals surface area contributed by atoms with Crippen molar-refractivity contribution in [3.8, 4) is 0 Å². The minimum absolute atomic E-state index is 0.199. The molecule has 1 aliphatic rings. The van der Waals surface area contributed by atoms with E-state index in [1.165, 1.54) is 29.7 Å². The summed E-state index contributed by atoms with van der Waals surface area (Å²) in [6, 6.07) is 4.37. The first-order valence-corrected chi connectivity index (χ1v) is 10.1. The number of aliphatic hydroxyl groups is 1. The van der Waals surface area contributed by atoms with E-state index >= 15 is 0 Å². The van der Waals surface area contributed by atoms with Crippen LogP contribution in [0.3, 0.4) is 0 Å². The Bertz CT molecular complexity index is 1100. The van der Waals surface area contributed by atoms with Gasteiger partial charge >= 0.3 is 6.18 Å². The van der Waals surface area contributed by atoms with Crippen molar-refractivity contribution < 1.29 is 18.3 Å². The minimum Gasteiger partial charge on any atom is -0.390 e. The van der Waals surface area contributed by atoms with E-state index in [2.05, 4.69) is 15.1 Å². The number of fused-ring (bicyclic) bond motifs is 1. The number of H-pyrrole nitrogens is 1. The molecule has 0 unspecified atom stereocenters. The molecule has 0 aliphatic heterocycles. The molecule has 30 heavy (non-hydrogen) atoms. The number of nitrogens with one attached hydrogen (secondary N) is 1. The molecule has 2 N–H and O–H groups in total. The molecule has 0 spiro atoms. The van der Waals surface area contributed by atoms with Crippen molar-refractivity contribution in [1.29, 1.82) is 0 Å². The Morgan fingerprint density at radius 1 is 1.23 bits per heavy atom. The van der Waals surface area contributed by atoms with Crippen LogP contribution >= 0.6 is 0 Å². The van der Waals surface area contributed by atoms with E-state index in [0.29, 0.717) is 29.4 Å². The van der Waals surface area contributed by atoms with Gasteiger partial charge in [0.05, 0.1) is 18.2 Å². The number of hydrogen-bond acceptors (Lipinski definition) is 4. The van der Waals surface area contributed by atoms with Crippen LogP contribution in [0.15, 0.2) is 29.1 Å². The topological polar surface area (TPSA) is 83.8 Å². The predicted molar refractivity (Wildman–Crippen MR) is 105 cm³/mol. The van der Waals surface area contributed by atoms with E-state index < -0.39 is 24.4 Å². The van der Waals surface area contributed by atoms with E-state index in [0.717, 1.165) is 25.0 Å². The van der Waals surface area contributed by atoms with E-state index in [9.17, 15) is 23.1 Å². The molecule has 0 bridgehead atoms. The van der Waals surface area contributed by atoms with Crippen LogP contribution < -0.4 is 5.56 Å². The van der Waals surface area contributed by atoms with Crippen LogP contribution in [0.1, 0.15) is 61.3 Å². The molecule has 4 rings (SSSR count). The fourth-order valence-electron chi connectivity index (χ4n) is 4.22. The lowest BCUT2D eigenvalue weighted by Crippen LogP contribution is -2.16. The summed E-state index contributed by atoms with van der Waals surface area (Å²) in [5.41, 5.74) is 0.0422. The molecular weight excluding hydrogens is 397 g/mol. The molecule has 0 radical (unpaired) electrons. The zero-order valence-corrected chi connectivity index (χ0v) is 16.5. The summed E-state index contributed by atoms with van der Waals surface area (Å²) in [5, 5.41) is 14.2. The fraction of sp³-hybridized carbons (Fsp3) is 0.476. The highest BCUT2D eigenvalue weighted by Gasteiger charge is 2.30. The molecule has 3 aromatic rings. The first-order chi connectivity index (χ1) is 14.3. The number of alkyl halides is 3. The summed E-state index contributed by atoms with van der Waals surface area (Å²) < 4.78 is 40.1. The highest BCUT2D eigenvalue weighted by Crippen LogP contribution is 2.31. The Morgan fingerprint density at radius 3 is 2.50 bits per heavy atom. The van der Waals surface area contributed by atoms with Crippen LogP contribution in [-0.4, -0.2) is 24.9 Å². The number of aromatic amines is 1. The molecule has 1 aliphatic carbocycles. The van der Waals surface area contributed by atoms with Gasteiger partial charge in [0, 0.05) is 6.42 Å². The molecule has 2 aromatic heterocycles. The SMILES string of the molecule is C[C@@H](c1ccc(C(F)(F)F)cc1)n1nc(CO)c2c(=O)[nH]c(CC3CCCC3)nc21.